The monoisotopic (exact) mass is 440 g/mol. The number of pyridine rings is 2. The molecule has 0 aliphatic heterocycles. The Labute approximate surface area is 199 Å². The molecule has 0 fully saturated rings. The zero-order chi connectivity index (χ0) is 23.0. The maximum atomic E-state index is 6.27. The lowest BCUT2D eigenvalue weighted by Crippen LogP contribution is -1.97. The van der Waals surface area contributed by atoms with Crippen LogP contribution in [0.5, 0.6) is 5.75 Å². The van der Waals surface area contributed by atoms with Gasteiger partial charge in [-0.2, -0.15) is 0 Å². The summed E-state index contributed by atoms with van der Waals surface area (Å²) in [5.74, 6) is 0.863. The van der Waals surface area contributed by atoms with Crippen LogP contribution in [0.3, 0.4) is 0 Å². The number of ether oxygens (including phenoxy) is 1. The average molecular weight is 441 g/mol. The Morgan fingerprint density at radius 1 is 0.588 bits per heavy atom. The van der Waals surface area contributed by atoms with Gasteiger partial charge in [-0.15, -0.1) is 0 Å². The summed E-state index contributed by atoms with van der Waals surface area (Å²) >= 11 is 0. The number of hydrogen-bond donors (Lipinski definition) is 0. The fraction of sp³-hybridized carbons (Fsp3) is 0.0323. The van der Waals surface area contributed by atoms with Crippen LogP contribution >= 0.6 is 0 Å². The molecular formula is C31H24N2O. The van der Waals surface area contributed by atoms with Crippen LogP contribution in [0.2, 0.25) is 0 Å². The van der Waals surface area contributed by atoms with E-state index in [4.69, 9.17) is 4.74 Å². The molecule has 0 radical (unpaired) electrons. The summed E-state index contributed by atoms with van der Waals surface area (Å²) in [5, 5.41) is 2.32. The minimum atomic E-state index is 0.523. The van der Waals surface area contributed by atoms with Gasteiger partial charge in [-0.3, -0.25) is 9.97 Å². The topological polar surface area (TPSA) is 35.0 Å². The fourth-order valence-electron chi connectivity index (χ4n) is 3.81. The standard InChI is InChI=1S/C31H24N2O/c1-2-4-27(5-3-1)23-34-31-13-10-28-22-26(7-6-24-14-18-32-19-15-24)9-11-29(28)30(31)12-8-25-16-20-33-21-17-25/h1-22H,23H2/b7-6+,12-8+. The van der Waals surface area contributed by atoms with Crippen LogP contribution in [0.15, 0.2) is 110 Å². The van der Waals surface area contributed by atoms with Crippen molar-refractivity contribution in [2.75, 3.05) is 0 Å². The molecule has 0 aliphatic rings. The van der Waals surface area contributed by atoms with Gasteiger partial charge in [-0.05, 0) is 69.4 Å². The summed E-state index contributed by atoms with van der Waals surface area (Å²) in [6, 6.07) is 28.9. The van der Waals surface area contributed by atoms with Crippen molar-refractivity contribution in [1.29, 1.82) is 0 Å². The second kappa shape index (κ2) is 10.4. The van der Waals surface area contributed by atoms with Gasteiger partial charge in [0.05, 0.1) is 0 Å². The van der Waals surface area contributed by atoms with Gasteiger partial charge < -0.3 is 4.74 Å². The van der Waals surface area contributed by atoms with Crippen LogP contribution in [0.4, 0.5) is 0 Å². The van der Waals surface area contributed by atoms with Crippen LogP contribution in [0.25, 0.3) is 35.1 Å². The fourth-order valence-corrected chi connectivity index (χ4v) is 3.81. The van der Waals surface area contributed by atoms with Gasteiger partial charge in [0.25, 0.3) is 0 Å². The first-order chi connectivity index (χ1) is 16.8. The highest BCUT2D eigenvalue weighted by atomic mass is 16.5. The van der Waals surface area contributed by atoms with Crippen LogP contribution in [-0.4, -0.2) is 9.97 Å². The van der Waals surface area contributed by atoms with Crippen molar-refractivity contribution in [2.24, 2.45) is 0 Å². The molecule has 0 spiro atoms. The number of benzene rings is 3. The molecule has 2 heterocycles. The maximum absolute atomic E-state index is 6.27. The van der Waals surface area contributed by atoms with E-state index in [1.165, 1.54) is 5.39 Å². The number of fused-ring (bicyclic) bond motifs is 1. The predicted octanol–water partition coefficient (Wildman–Crippen LogP) is 7.55. The second-order valence-corrected chi connectivity index (χ2v) is 7.96. The number of aromatic nitrogens is 2. The summed E-state index contributed by atoms with van der Waals surface area (Å²) in [6.07, 6.45) is 15.7. The molecule has 0 aliphatic carbocycles. The van der Waals surface area contributed by atoms with E-state index in [0.29, 0.717) is 6.61 Å². The highest BCUT2D eigenvalue weighted by Crippen LogP contribution is 2.32. The summed E-state index contributed by atoms with van der Waals surface area (Å²) in [5.41, 5.74) is 5.57. The van der Waals surface area contributed by atoms with Crippen molar-refractivity contribution in [3.63, 3.8) is 0 Å². The molecule has 5 rings (SSSR count). The molecule has 3 heteroatoms. The van der Waals surface area contributed by atoms with Gasteiger partial charge in [0.15, 0.2) is 0 Å². The van der Waals surface area contributed by atoms with Gasteiger partial charge in [0.2, 0.25) is 0 Å². The highest BCUT2D eigenvalue weighted by molar-refractivity contribution is 5.96. The molecule has 0 bridgehead atoms. The van der Waals surface area contributed by atoms with E-state index in [1.807, 2.05) is 42.5 Å². The Balaban J connectivity index is 1.50. The number of rotatable bonds is 7. The molecule has 34 heavy (non-hydrogen) atoms. The third-order valence-corrected chi connectivity index (χ3v) is 5.61. The normalized spacial score (nSPS) is 11.4. The third kappa shape index (κ3) is 5.28. The first kappa shape index (κ1) is 21.4. The second-order valence-electron chi connectivity index (χ2n) is 7.96. The van der Waals surface area contributed by atoms with Crippen LogP contribution < -0.4 is 4.74 Å². The molecule has 2 aromatic heterocycles. The van der Waals surface area contributed by atoms with Crippen LogP contribution in [0.1, 0.15) is 27.8 Å². The van der Waals surface area contributed by atoms with Gasteiger partial charge in [-0.1, -0.05) is 72.8 Å². The van der Waals surface area contributed by atoms with E-state index in [-0.39, 0.29) is 0 Å². The Hall–Kier alpha value is -4.50. The molecule has 3 aromatic carbocycles. The Morgan fingerprint density at radius 2 is 1.24 bits per heavy atom. The Bertz CT molecular complexity index is 1430. The van der Waals surface area contributed by atoms with E-state index >= 15 is 0 Å². The van der Waals surface area contributed by atoms with E-state index in [9.17, 15) is 0 Å². The average Bonchev–Trinajstić information content (AvgIpc) is 2.91. The molecule has 0 saturated carbocycles. The van der Waals surface area contributed by atoms with E-state index in [0.717, 1.165) is 39.0 Å². The first-order valence-electron chi connectivity index (χ1n) is 11.2. The quantitative estimate of drug-likeness (QED) is 0.262. The van der Waals surface area contributed by atoms with Gasteiger partial charge in [-0.25, -0.2) is 0 Å². The van der Waals surface area contributed by atoms with Crippen molar-refractivity contribution in [3.8, 4) is 5.75 Å². The first-order valence-corrected chi connectivity index (χ1v) is 11.2. The zero-order valence-corrected chi connectivity index (χ0v) is 18.7. The number of hydrogen-bond acceptors (Lipinski definition) is 3. The third-order valence-electron chi connectivity index (χ3n) is 5.61. The van der Waals surface area contributed by atoms with Crippen molar-refractivity contribution in [2.45, 2.75) is 6.61 Å². The summed E-state index contributed by atoms with van der Waals surface area (Å²) < 4.78 is 6.27. The van der Waals surface area contributed by atoms with E-state index < -0.39 is 0 Å². The molecule has 0 atom stereocenters. The molecule has 0 amide bonds. The van der Waals surface area contributed by atoms with Gasteiger partial charge in [0, 0.05) is 30.4 Å². The minimum absolute atomic E-state index is 0.523. The van der Waals surface area contributed by atoms with Crippen LogP contribution in [-0.2, 0) is 6.61 Å². The maximum Gasteiger partial charge on any atom is 0.127 e. The zero-order valence-electron chi connectivity index (χ0n) is 18.7. The van der Waals surface area contributed by atoms with Crippen molar-refractivity contribution in [3.05, 3.63) is 138 Å². The minimum Gasteiger partial charge on any atom is -0.488 e. The summed E-state index contributed by atoms with van der Waals surface area (Å²) in [7, 11) is 0. The molecular weight excluding hydrogens is 416 g/mol. The molecule has 0 N–H and O–H groups in total. The SMILES string of the molecule is C(=C\c1ccc2c(/C=C/c3ccncc3)c(OCc3ccccc3)ccc2c1)/c1ccncc1. The summed E-state index contributed by atoms with van der Waals surface area (Å²) in [4.78, 5) is 8.19. The predicted molar refractivity (Wildman–Crippen MR) is 141 cm³/mol. The molecule has 0 unspecified atom stereocenters. The lowest BCUT2D eigenvalue weighted by Gasteiger charge is -2.13. The molecule has 0 saturated heterocycles. The lowest BCUT2D eigenvalue weighted by molar-refractivity contribution is 0.306. The van der Waals surface area contributed by atoms with Gasteiger partial charge >= 0.3 is 0 Å². The smallest absolute Gasteiger partial charge is 0.127 e. The largest absolute Gasteiger partial charge is 0.488 e. The van der Waals surface area contributed by atoms with Crippen LogP contribution in [0, 0.1) is 0 Å². The summed E-state index contributed by atoms with van der Waals surface area (Å²) in [6.45, 7) is 0.523. The molecule has 3 nitrogen and oxygen atoms in total. The Morgan fingerprint density at radius 3 is 1.94 bits per heavy atom. The lowest BCUT2D eigenvalue weighted by atomic mass is 9.99. The van der Waals surface area contributed by atoms with E-state index in [1.54, 1.807) is 24.8 Å². The van der Waals surface area contributed by atoms with Crippen molar-refractivity contribution < 1.29 is 4.74 Å². The van der Waals surface area contributed by atoms with E-state index in [2.05, 4.69) is 76.7 Å². The molecule has 5 aromatic rings. The Kier molecular flexibility index (Phi) is 6.54. The van der Waals surface area contributed by atoms with Gasteiger partial charge in [0.1, 0.15) is 12.4 Å². The van der Waals surface area contributed by atoms with Crippen molar-refractivity contribution in [1.82, 2.24) is 9.97 Å². The molecule has 164 valence electrons. The van der Waals surface area contributed by atoms with Crippen molar-refractivity contribution >= 4 is 35.1 Å². The highest BCUT2D eigenvalue weighted by Gasteiger charge is 2.08. The number of nitrogens with zero attached hydrogens (tertiary/aromatic N) is 2.